The van der Waals surface area contributed by atoms with E-state index in [0.29, 0.717) is 6.42 Å². The molecule has 0 aliphatic carbocycles. The van der Waals surface area contributed by atoms with E-state index in [9.17, 15) is 18.4 Å². The van der Waals surface area contributed by atoms with E-state index in [1.165, 1.54) is 13.1 Å². The maximum atomic E-state index is 13.6. The lowest BCUT2D eigenvalue weighted by molar-refractivity contribution is -0.128. The van der Waals surface area contributed by atoms with Crippen molar-refractivity contribution >= 4 is 17.5 Å². The van der Waals surface area contributed by atoms with Crippen LogP contribution in [0.15, 0.2) is 24.3 Å². The Morgan fingerprint density at radius 1 is 1.13 bits per heavy atom. The monoisotopic (exact) mass is 415 g/mol. The van der Waals surface area contributed by atoms with Crippen molar-refractivity contribution in [3.8, 4) is 0 Å². The number of amides is 2. The Morgan fingerprint density at radius 2 is 1.87 bits per heavy atom. The zero-order valence-electron chi connectivity index (χ0n) is 17.2. The van der Waals surface area contributed by atoms with Crippen molar-refractivity contribution in [2.45, 2.75) is 39.7 Å². The van der Waals surface area contributed by atoms with Gasteiger partial charge in [0.15, 0.2) is 17.3 Å². The molecule has 0 saturated heterocycles. The van der Waals surface area contributed by atoms with Crippen LogP contribution in [0.2, 0.25) is 0 Å². The highest BCUT2D eigenvalue weighted by Gasteiger charge is 2.23. The SMILES string of the molecule is CNC(=O)C(NC(=O)CCc1c(C)nc2cc(C)nn2c1C)c1ccc(F)c(F)c1. The lowest BCUT2D eigenvalue weighted by Gasteiger charge is -2.18. The average Bonchev–Trinajstić information content (AvgIpc) is 3.07. The van der Waals surface area contributed by atoms with Gasteiger partial charge in [0.25, 0.3) is 0 Å². The molecule has 2 heterocycles. The van der Waals surface area contributed by atoms with E-state index in [2.05, 4.69) is 20.7 Å². The van der Waals surface area contributed by atoms with Gasteiger partial charge in [0.2, 0.25) is 11.8 Å². The molecule has 7 nitrogen and oxygen atoms in total. The topological polar surface area (TPSA) is 88.4 Å². The maximum Gasteiger partial charge on any atom is 0.246 e. The normalized spacial score (nSPS) is 12.1. The second kappa shape index (κ2) is 8.56. The minimum atomic E-state index is -1.13. The molecular weight excluding hydrogens is 392 g/mol. The van der Waals surface area contributed by atoms with Crippen LogP contribution in [0.5, 0.6) is 0 Å². The quantitative estimate of drug-likeness (QED) is 0.647. The second-order valence-corrected chi connectivity index (χ2v) is 7.11. The summed E-state index contributed by atoms with van der Waals surface area (Å²) in [7, 11) is 1.40. The summed E-state index contributed by atoms with van der Waals surface area (Å²) in [5.41, 5.74) is 4.33. The van der Waals surface area contributed by atoms with Gasteiger partial charge in [-0.15, -0.1) is 0 Å². The number of aromatic nitrogens is 3. The molecule has 9 heteroatoms. The number of rotatable bonds is 6. The number of hydrogen-bond acceptors (Lipinski definition) is 4. The fraction of sp³-hybridized carbons (Fsp3) is 0.333. The first-order chi connectivity index (χ1) is 14.2. The molecule has 158 valence electrons. The van der Waals surface area contributed by atoms with Gasteiger partial charge < -0.3 is 10.6 Å². The van der Waals surface area contributed by atoms with Crippen molar-refractivity contribution in [3.63, 3.8) is 0 Å². The van der Waals surface area contributed by atoms with Gasteiger partial charge in [-0.25, -0.2) is 18.3 Å². The van der Waals surface area contributed by atoms with Crippen LogP contribution in [0.25, 0.3) is 5.65 Å². The zero-order chi connectivity index (χ0) is 22.0. The summed E-state index contributed by atoms with van der Waals surface area (Å²) in [6.45, 7) is 5.67. The third-order valence-corrected chi connectivity index (χ3v) is 4.98. The molecule has 0 radical (unpaired) electrons. The molecule has 3 aromatic rings. The highest BCUT2D eigenvalue weighted by molar-refractivity contribution is 5.88. The van der Waals surface area contributed by atoms with E-state index in [0.717, 1.165) is 40.4 Å². The predicted octanol–water partition coefficient (Wildman–Crippen LogP) is 2.47. The Kier molecular flexibility index (Phi) is 6.09. The summed E-state index contributed by atoms with van der Waals surface area (Å²) in [5, 5.41) is 9.44. The number of carbonyl (C=O) groups is 2. The number of likely N-dealkylation sites (N-methyl/N-ethyl adjacent to an activating group) is 1. The summed E-state index contributed by atoms with van der Waals surface area (Å²) in [6, 6.07) is 3.85. The van der Waals surface area contributed by atoms with Crippen LogP contribution in [0.3, 0.4) is 0 Å². The second-order valence-electron chi connectivity index (χ2n) is 7.11. The molecule has 2 aromatic heterocycles. The van der Waals surface area contributed by atoms with E-state index < -0.39 is 29.5 Å². The number of benzene rings is 1. The van der Waals surface area contributed by atoms with Crippen LogP contribution < -0.4 is 10.6 Å². The first-order valence-corrected chi connectivity index (χ1v) is 9.49. The Labute approximate surface area is 172 Å². The van der Waals surface area contributed by atoms with Crippen LogP contribution in [0, 0.1) is 32.4 Å². The number of fused-ring (bicyclic) bond motifs is 1. The molecular formula is C21H23F2N5O2. The molecule has 0 saturated carbocycles. The van der Waals surface area contributed by atoms with Crippen LogP contribution in [0.1, 0.15) is 40.7 Å². The Hall–Kier alpha value is -3.36. The average molecular weight is 415 g/mol. The first kappa shape index (κ1) is 21.4. The van der Waals surface area contributed by atoms with Crippen LogP contribution >= 0.6 is 0 Å². The van der Waals surface area contributed by atoms with Crippen molar-refractivity contribution in [1.29, 1.82) is 0 Å². The number of halogens is 2. The van der Waals surface area contributed by atoms with Crippen molar-refractivity contribution in [3.05, 3.63) is 64.1 Å². The highest BCUT2D eigenvalue weighted by atomic mass is 19.2. The fourth-order valence-electron chi connectivity index (χ4n) is 3.41. The van der Waals surface area contributed by atoms with Crippen LogP contribution in [-0.4, -0.2) is 33.5 Å². The smallest absolute Gasteiger partial charge is 0.246 e. The van der Waals surface area contributed by atoms with E-state index in [1.54, 1.807) is 4.52 Å². The van der Waals surface area contributed by atoms with Gasteiger partial charge in [0.1, 0.15) is 6.04 Å². The standard InChI is InChI=1S/C21H23F2N5O2/c1-11-9-18-25-12(2)15(13(3)28(18)27-11)6-8-19(29)26-20(21(30)24-4)14-5-7-16(22)17(23)10-14/h5,7,9-10,20H,6,8H2,1-4H3,(H,24,30)(H,26,29). The van der Waals surface area contributed by atoms with Crippen molar-refractivity contribution in [2.75, 3.05) is 7.05 Å². The maximum absolute atomic E-state index is 13.6. The van der Waals surface area contributed by atoms with Crippen LogP contribution in [0.4, 0.5) is 8.78 Å². The third kappa shape index (κ3) is 4.29. The summed E-state index contributed by atoms with van der Waals surface area (Å²) in [4.78, 5) is 29.3. The third-order valence-electron chi connectivity index (χ3n) is 4.98. The summed E-state index contributed by atoms with van der Waals surface area (Å²) in [5.74, 6) is -3.04. The van der Waals surface area contributed by atoms with Gasteiger partial charge in [0.05, 0.1) is 5.69 Å². The summed E-state index contributed by atoms with van der Waals surface area (Å²) in [6.07, 6.45) is 0.482. The Balaban J connectivity index is 1.77. The van der Waals surface area contributed by atoms with Gasteiger partial charge in [-0.3, -0.25) is 9.59 Å². The summed E-state index contributed by atoms with van der Waals surface area (Å²) < 4.78 is 28.6. The summed E-state index contributed by atoms with van der Waals surface area (Å²) >= 11 is 0. The molecule has 0 fully saturated rings. The van der Waals surface area contributed by atoms with Crippen molar-refractivity contribution in [1.82, 2.24) is 25.2 Å². The Bertz CT molecular complexity index is 1130. The zero-order valence-corrected chi connectivity index (χ0v) is 17.2. The lowest BCUT2D eigenvalue weighted by atomic mass is 10.0. The molecule has 3 rings (SSSR count). The highest BCUT2D eigenvalue weighted by Crippen LogP contribution is 2.19. The van der Waals surface area contributed by atoms with E-state index in [4.69, 9.17) is 0 Å². The molecule has 2 amide bonds. The number of aryl methyl sites for hydroxylation is 3. The molecule has 0 aliphatic rings. The van der Waals surface area contributed by atoms with E-state index >= 15 is 0 Å². The van der Waals surface area contributed by atoms with E-state index in [1.807, 2.05) is 26.8 Å². The molecule has 1 atom stereocenters. The van der Waals surface area contributed by atoms with Crippen molar-refractivity contribution < 1.29 is 18.4 Å². The minimum absolute atomic E-state index is 0.0896. The van der Waals surface area contributed by atoms with Gasteiger partial charge in [0, 0.05) is 30.9 Å². The molecule has 1 aromatic carbocycles. The van der Waals surface area contributed by atoms with E-state index in [-0.39, 0.29) is 12.0 Å². The molecule has 0 spiro atoms. The lowest BCUT2D eigenvalue weighted by Crippen LogP contribution is -2.39. The van der Waals surface area contributed by atoms with Crippen LogP contribution in [-0.2, 0) is 16.0 Å². The minimum Gasteiger partial charge on any atom is -0.357 e. The molecule has 0 bridgehead atoms. The number of carbonyl (C=O) groups excluding carboxylic acids is 2. The van der Waals surface area contributed by atoms with Gasteiger partial charge in [-0.1, -0.05) is 6.07 Å². The number of nitrogens with one attached hydrogen (secondary N) is 2. The Morgan fingerprint density at radius 3 is 2.53 bits per heavy atom. The van der Waals surface area contributed by atoms with Crippen molar-refractivity contribution in [2.24, 2.45) is 0 Å². The largest absolute Gasteiger partial charge is 0.357 e. The van der Waals surface area contributed by atoms with Gasteiger partial charge >= 0.3 is 0 Å². The van der Waals surface area contributed by atoms with Gasteiger partial charge in [-0.05, 0) is 50.5 Å². The molecule has 1 unspecified atom stereocenters. The molecule has 0 aliphatic heterocycles. The van der Waals surface area contributed by atoms with Gasteiger partial charge in [-0.2, -0.15) is 5.10 Å². The fourth-order valence-corrected chi connectivity index (χ4v) is 3.41. The molecule has 30 heavy (non-hydrogen) atoms. The predicted molar refractivity (Wildman–Crippen MR) is 107 cm³/mol. The number of hydrogen-bond donors (Lipinski definition) is 2. The number of nitrogens with zero attached hydrogens (tertiary/aromatic N) is 3. The first-order valence-electron chi connectivity index (χ1n) is 9.49. The molecule has 2 N–H and O–H groups in total.